The van der Waals surface area contributed by atoms with Crippen molar-refractivity contribution in [3.8, 4) is 11.5 Å². The van der Waals surface area contributed by atoms with Crippen LogP contribution in [0.1, 0.15) is 22.3 Å². The van der Waals surface area contributed by atoms with Gasteiger partial charge in [0.15, 0.2) is 11.5 Å². The van der Waals surface area contributed by atoms with Crippen molar-refractivity contribution in [1.82, 2.24) is 0 Å². The van der Waals surface area contributed by atoms with Crippen LogP contribution in [0.15, 0.2) is 99.1 Å². The van der Waals surface area contributed by atoms with Gasteiger partial charge in [-0.25, -0.2) is 0 Å². The minimum atomic E-state index is 0.467. The zero-order valence-corrected chi connectivity index (χ0v) is 22.7. The van der Waals surface area contributed by atoms with Crippen LogP contribution in [0.25, 0.3) is 67.4 Å². The van der Waals surface area contributed by atoms with E-state index in [-0.39, 0.29) is 0 Å². The Labute approximate surface area is 237 Å². The van der Waals surface area contributed by atoms with E-state index in [1.54, 1.807) is 0 Å². The highest BCUT2D eigenvalue weighted by Crippen LogP contribution is 2.48. The Bertz CT molecular complexity index is 1880. The van der Waals surface area contributed by atoms with Crippen LogP contribution < -0.4 is 4.74 Å². The fourth-order valence-corrected chi connectivity index (χ4v) is 6.12. The lowest BCUT2D eigenvalue weighted by molar-refractivity contribution is 0.494. The first-order valence-corrected chi connectivity index (χ1v) is 13.3. The molecule has 0 aliphatic carbocycles. The van der Waals surface area contributed by atoms with Crippen molar-refractivity contribution in [2.75, 3.05) is 0 Å². The van der Waals surface area contributed by atoms with Crippen molar-refractivity contribution in [3.63, 3.8) is 0 Å². The molecule has 0 unspecified atom stereocenters. The normalized spacial score (nSPS) is 11.2. The molecule has 0 bridgehead atoms. The molecule has 0 radical (unpaired) electrons. The van der Waals surface area contributed by atoms with Crippen LogP contribution in [-0.4, -0.2) is 0 Å². The van der Waals surface area contributed by atoms with Crippen molar-refractivity contribution in [1.29, 1.82) is 0 Å². The second-order valence-corrected chi connectivity index (χ2v) is 10.1. The van der Waals surface area contributed by atoms with Gasteiger partial charge in [-0.2, -0.15) is 0 Å². The lowest BCUT2D eigenvalue weighted by atomic mass is 9.90. The Kier molecular flexibility index (Phi) is 6.27. The van der Waals surface area contributed by atoms with Gasteiger partial charge in [-0.3, -0.25) is 0 Å². The van der Waals surface area contributed by atoms with Gasteiger partial charge in [0.05, 0.1) is 10.0 Å². The molecule has 0 atom stereocenters. The van der Waals surface area contributed by atoms with E-state index in [1.807, 2.05) is 72.8 Å². The summed E-state index contributed by atoms with van der Waals surface area (Å²) >= 11 is 13.8. The quantitative estimate of drug-likeness (QED) is 0.190. The van der Waals surface area contributed by atoms with Gasteiger partial charge < -0.3 is 4.74 Å². The fraction of sp³-hybridized carbons (Fsp3) is 0. The van der Waals surface area contributed by atoms with E-state index in [1.165, 1.54) is 0 Å². The van der Waals surface area contributed by atoms with E-state index in [4.69, 9.17) is 27.9 Å². The first-order chi connectivity index (χ1) is 19.0. The number of hydrogen-bond donors (Lipinski definition) is 0. The van der Waals surface area contributed by atoms with Crippen LogP contribution in [0, 0.1) is 0 Å². The van der Waals surface area contributed by atoms with Gasteiger partial charge in [0.25, 0.3) is 0 Å². The third-order valence-corrected chi connectivity index (χ3v) is 7.97. The number of ether oxygens (including phenoxy) is 1. The Morgan fingerprint density at radius 1 is 0.436 bits per heavy atom. The summed E-state index contributed by atoms with van der Waals surface area (Å²) in [5.41, 5.74) is 3.87. The summed E-state index contributed by atoms with van der Waals surface area (Å²) in [6.45, 7) is 16.5. The molecule has 1 nitrogen and oxygen atoms in total. The minimum Gasteiger partial charge on any atom is -0.453 e. The Hall–Kier alpha value is -4.30. The summed E-state index contributed by atoms with van der Waals surface area (Å²) in [7, 11) is 0. The molecule has 6 aromatic rings. The maximum atomic E-state index is 6.90. The van der Waals surface area contributed by atoms with E-state index < -0.39 is 0 Å². The number of hydrogen-bond acceptors (Lipinski definition) is 1. The van der Waals surface area contributed by atoms with Gasteiger partial charge in [-0.15, -0.1) is 0 Å². The van der Waals surface area contributed by atoms with Crippen LogP contribution in [0.3, 0.4) is 0 Å². The van der Waals surface area contributed by atoms with Crippen LogP contribution >= 0.6 is 23.2 Å². The Balaban J connectivity index is 1.77. The third-order valence-electron chi connectivity index (χ3n) is 7.37. The molecule has 0 amide bonds. The lowest BCUT2D eigenvalue weighted by Crippen LogP contribution is -1.96. The highest BCUT2D eigenvalue weighted by molar-refractivity contribution is 6.35. The maximum Gasteiger partial charge on any atom is 0.154 e. The SMILES string of the molecule is C=Cc1c2ccccc2c(C=C)c2c(Oc3c(Cl)ccc4c(C=C)c5ccccc5c(C=C)c34)c(Cl)ccc12. The molecule has 0 N–H and O–H groups in total. The van der Waals surface area contributed by atoms with Crippen LogP contribution in [0.2, 0.25) is 10.0 Å². The summed E-state index contributed by atoms with van der Waals surface area (Å²) < 4.78 is 6.82. The van der Waals surface area contributed by atoms with Crippen molar-refractivity contribution >= 4 is 90.6 Å². The number of benzene rings is 6. The van der Waals surface area contributed by atoms with E-state index >= 15 is 0 Å². The van der Waals surface area contributed by atoms with Crippen LogP contribution in [0.5, 0.6) is 11.5 Å². The molecule has 0 aliphatic heterocycles. The van der Waals surface area contributed by atoms with Crippen LogP contribution in [-0.2, 0) is 0 Å². The van der Waals surface area contributed by atoms with E-state index in [9.17, 15) is 0 Å². The van der Waals surface area contributed by atoms with Gasteiger partial charge in [-0.05, 0) is 66.7 Å². The molecule has 6 aromatic carbocycles. The van der Waals surface area contributed by atoms with Crippen molar-refractivity contribution in [2.45, 2.75) is 0 Å². The van der Waals surface area contributed by atoms with Gasteiger partial charge in [0.2, 0.25) is 0 Å². The minimum absolute atomic E-state index is 0.467. The molecule has 0 saturated carbocycles. The first kappa shape index (κ1) is 25.0. The summed E-state index contributed by atoms with van der Waals surface area (Å²) in [6, 6.07) is 24.1. The average molecular weight is 543 g/mol. The maximum absolute atomic E-state index is 6.90. The zero-order chi connectivity index (χ0) is 27.3. The van der Waals surface area contributed by atoms with Crippen molar-refractivity contribution < 1.29 is 4.74 Å². The van der Waals surface area contributed by atoms with Gasteiger partial charge in [0, 0.05) is 10.8 Å². The molecule has 39 heavy (non-hydrogen) atoms. The number of fused-ring (bicyclic) bond motifs is 4. The molecular formula is C36H24Cl2O. The van der Waals surface area contributed by atoms with E-state index in [0.717, 1.165) is 65.3 Å². The smallest absolute Gasteiger partial charge is 0.154 e. The average Bonchev–Trinajstić information content (AvgIpc) is 2.97. The molecule has 188 valence electrons. The highest BCUT2D eigenvalue weighted by atomic mass is 35.5. The molecule has 6 rings (SSSR count). The Morgan fingerprint density at radius 3 is 1.10 bits per heavy atom. The van der Waals surface area contributed by atoms with Gasteiger partial charge >= 0.3 is 0 Å². The van der Waals surface area contributed by atoms with Crippen molar-refractivity contribution in [3.05, 3.63) is 131 Å². The molecule has 0 aliphatic rings. The second-order valence-electron chi connectivity index (χ2n) is 9.26. The molecule has 0 fully saturated rings. The predicted octanol–water partition coefficient (Wildman–Crippen LogP) is 12.0. The standard InChI is InChI=1S/C36H24Cl2O/c1-5-21-25-13-9-11-15-27(25)23(7-3)33-29(21)17-19-31(37)35(33)39-36-32(38)20-18-30-22(6-2)26-14-10-12-16-28(26)24(8-4)34(30)36/h5-20H,1-4H2. The summed E-state index contributed by atoms with van der Waals surface area (Å²) in [5.74, 6) is 1.02. The predicted molar refractivity (Wildman–Crippen MR) is 173 cm³/mol. The van der Waals surface area contributed by atoms with Crippen molar-refractivity contribution in [2.24, 2.45) is 0 Å². The summed E-state index contributed by atoms with van der Waals surface area (Å²) in [4.78, 5) is 0. The first-order valence-electron chi connectivity index (χ1n) is 12.5. The molecule has 0 spiro atoms. The third kappa shape index (κ3) is 3.70. The van der Waals surface area contributed by atoms with Gasteiger partial charge in [-0.1, -0.05) is 134 Å². The fourth-order valence-electron chi connectivity index (χ4n) is 5.73. The van der Waals surface area contributed by atoms with E-state index in [0.29, 0.717) is 21.5 Å². The van der Waals surface area contributed by atoms with Gasteiger partial charge in [0.1, 0.15) is 0 Å². The number of rotatable bonds is 6. The molecule has 0 heterocycles. The van der Waals surface area contributed by atoms with E-state index in [2.05, 4.69) is 50.6 Å². The second kappa shape index (κ2) is 9.78. The lowest BCUT2D eigenvalue weighted by Gasteiger charge is -2.21. The monoisotopic (exact) mass is 542 g/mol. The molecular weight excluding hydrogens is 519 g/mol. The summed E-state index contributed by atoms with van der Waals surface area (Å²) in [5, 5.41) is 8.82. The zero-order valence-electron chi connectivity index (χ0n) is 21.2. The Morgan fingerprint density at radius 2 is 0.769 bits per heavy atom. The topological polar surface area (TPSA) is 9.23 Å². The number of halogens is 2. The van der Waals surface area contributed by atoms with Crippen LogP contribution in [0.4, 0.5) is 0 Å². The highest BCUT2D eigenvalue weighted by Gasteiger charge is 2.22. The molecule has 3 heteroatoms. The summed E-state index contributed by atoms with van der Waals surface area (Å²) in [6.07, 6.45) is 7.45. The largest absolute Gasteiger partial charge is 0.453 e. The molecule has 0 saturated heterocycles. The molecule has 0 aromatic heterocycles.